The number of nitrogens with zero attached hydrogens (tertiary/aromatic N) is 2. The molecule has 3 N–H and O–H groups in total. The van der Waals surface area contributed by atoms with Gasteiger partial charge in [-0.3, -0.25) is 9.69 Å². The fourth-order valence-corrected chi connectivity index (χ4v) is 3.00. The summed E-state index contributed by atoms with van der Waals surface area (Å²) in [5, 5.41) is 9.01. The van der Waals surface area contributed by atoms with Crippen molar-refractivity contribution in [2.24, 2.45) is 11.1 Å². The van der Waals surface area contributed by atoms with Crippen molar-refractivity contribution in [2.45, 2.75) is 12.5 Å². The number of carboxylic acid groups (broad SMARTS) is 1. The summed E-state index contributed by atoms with van der Waals surface area (Å²) in [5.74, 6) is -0.790. The Labute approximate surface area is 89.8 Å². The lowest BCUT2D eigenvalue weighted by Crippen LogP contribution is -2.56. The molecule has 15 heavy (non-hydrogen) atoms. The van der Waals surface area contributed by atoms with Crippen molar-refractivity contribution in [3.8, 4) is 0 Å². The van der Waals surface area contributed by atoms with E-state index in [0.717, 1.165) is 32.6 Å². The van der Waals surface area contributed by atoms with Crippen LogP contribution in [-0.4, -0.2) is 66.7 Å². The monoisotopic (exact) mass is 213 g/mol. The summed E-state index contributed by atoms with van der Waals surface area (Å²) in [6.45, 7) is 4.18. The molecule has 0 aromatic carbocycles. The molecule has 2 aliphatic heterocycles. The van der Waals surface area contributed by atoms with Crippen molar-refractivity contribution in [2.75, 3.05) is 39.8 Å². The normalized spacial score (nSPS) is 27.9. The molecule has 0 aromatic rings. The summed E-state index contributed by atoms with van der Waals surface area (Å²) in [6.07, 6.45) is 1.11. The molecule has 1 spiro atoms. The highest BCUT2D eigenvalue weighted by atomic mass is 16.4. The van der Waals surface area contributed by atoms with Gasteiger partial charge in [-0.05, 0) is 20.0 Å². The summed E-state index contributed by atoms with van der Waals surface area (Å²) in [7, 11) is 2.10. The van der Waals surface area contributed by atoms with Crippen molar-refractivity contribution in [1.82, 2.24) is 9.80 Å². The summed E-state index contributed by atoms with van der Waals surface area (Å²) < 4.78 is 0. The maximum Gasteiger partial charge on any atom is 0.322 e. The number of rotatable bonds is 3. The van der Waals surface area contributed by atoms with Gasteiger partial charge >= 0.3 is 5.97 Å². The molecule has 2 saturated heterocycles. The van der Waals surface area contributed by atoms with Crippen molar-refractivity contribution in [1.29, 1.82) is 0 Å². The molecule has 0 amide bonds. The van der Waals surface area contributed by atoms with Crippen LogP contribution in [0, 0.1) is 5.41 Å². The van der Waals surface area contributed by atoms with E-state index in [1.807, 2.05) is 4.90 Å². The number of carboxylic acids is 1. The molecule has 5 nitrogen and oxygen atoms in total. The van der Waals surface area contributed by atoms with Crippen LogP contribution in [0.4, 0.5) is 0 Å². The first kappa shape index (κ1) is 10.9. The SMILES string of the molecule is CN1CC2(CCN(C(CN)C(=O)O)C2)C1. The molecule has 0 radical (unpaired) electrons. The Bertz CT molecular complexity index is 263. The predicted octanol–water partition coefficient (Wildman–Crippen LogP) is -0.964. The summed E-state index contributed by atoms with van der Waals surface area (Å²) in [5.41, 5.74) is 5.85. The van der Waals surface area contributed by atoms with Crippen LogP contribution in [0.5, 0.6) is 0 Å². The van der Waals surface area contributed by atoms with Gasteiger partial charge in [-0.15, -0.1) is 0 Å². The fourth-order valence-electron chi connectivity index (χ4n) is 3.00. The number of hydrogen-bond acceptors (Lipinski definition) is 4. The van der Waals surface area contributed by atoms with Crippen LogP contribution < -0.4 is 5.73 Å². The van der Waals surface area contributed by atoms with Gasteiger partial charge in [-0.2, -0.15) is 0 Å². The molecule has 0 bridgehead atoms. The predicted molar refractivity (Wildman–Crippen MR) is 56.6 cm³/mol. The highest BCUT2D eigenvalue weighted by Crippen LogP contribution is 2.39. The van der Waals surface area contributed by atoms with Gasteiger partial charge in [0, 0.05) is 31.6 Å². The summed E-state index contributed by atoms with van der Waals surface area (Å²) in [4.78, 5) is 15.3. The van der Waals surface area contributed by atoms with Gasteiger partial charge in [0.2, 0.25) is 0 Å². The molecule has 1 unspecified atom stereocenters. The first-order chi connectivity index (χ1) is 7.06. The molecule has 2 heterocycles. The van der Waals surface area contributed by atoms with Crippen molar-refractivity contribution in [3.63, 3.8) is 0 Å². The van der Waals surface area contributed by atoms with Crippen LogP contribution in [0.15, 0.2) is 0 Å². The lowest BCUT2D eigenvalue weighted by atomic mass is 9.79. The van der Waals surface area contributed by atoms with Crippen molar-refractivity contribution >= 4 is 5.97 Å². The largest absolute Gasteiger partial charge is 0.480 e. The topological polar surface area (TPSA) is 69.8 Å². The van der Waals surface area contributed by atoms with E-state index < -0.39 is 12.0 Å². The Hall–Kier alpha value is -0.650. The Morgan fingerprint density at radius 1 is 1.53 bits per heavy atom. The molecular formula is C10H19N3O2. The zero-order valence-corrected chi connectivity index (χ0v) is 9.15. The zero-order chi connectivity index (χ0) is 11.1. The molecular weight excluding hydrogens is 194 g/mol. The van der Waals surface area contributed by atoms with E-state index in [1.165, 1.54) is 0 Å². The first-order valence-corrected chi connectivity index (χ1v) is 5.42. The van der Waals surface area contributed by atoms with Crippen molar-refractivity contribution in [3.05, 3.63) is 0 Å². The summed E-state index contributed by atoms with van der Waals surface area (Å²) >= 11 is 0. The lowest BCUT2D eigenvalue weighted by molar-refractivity contribution is -0.142. The van der Waals surface area contributed by atoms with Crippen LogP contribution in [0.1, 0.15) is 6.42 Å². The van der Waals surface area contributed by atoms with Crippen molar-refractivity contribution < 1.29 is 9.90 Å². The number of nitrogens with two attached hydrogens (primary N) is 1. The van der Waals surface area contributed by atoms with Gasteiger partial charge < -0.3 is 15.7 Å². The zero-order valence-electron chi connectivity index (χ0n) is 9.15. The first-order valence-electron chi connectivity index (χ1n) is 5.42. The Morgan fingerprint density at radius 2 is 2.20 bits per heavy atom. The maximum absolute atomic E-state index is 11.0. The third-order valence-electron chi connectivity index (χ3n) is 3.63. The quantitative estimate of drug-likeness (QED) is 0.631. The van der Waals surface area contributed by atoms with E-state index in [0.29, 0.717) is 5.41 Å². The standard InChI is InChI=1S/C10H19N3O2/c1-12-5-10(6-12)2-3-13(7-10)8(4-11)9(14)15/h8H,2-7,11H2,1H3,(H,14,15). The second-order valence-electron chi connectivity index (χ2n) is 4.98. The Morgan fingerprint density at radius 3 is 2.67 bits per heavy atom. The van der Waals surface area contributed by atoms with E-state index in [1.54, 1.807) is 0 Å². The van der Waals surface area contributed by atoms with Gasteiger partial charge in [0.1, 0.15) is 6.04 Å². The molecule has 0 aliphatic carbocycles. The van der Waals surface area contributed by atoms with Crippen LogP contribution in [0.3, 0.4) is 0 Å². The molecule has 2 fully saturated rings. The van der Waals surface area contributed by atoms with Gasteiger partial charge in [0.15, 0.2) is 0 Å². The fraction of sp³-hybridized carbons (Fsp3) is 0.900. The van der Waals surface area contributed by atoms with E-state index in [-0.39, 0.29) is 6.54 Å². The van der Waals surface area contributed by atoms with Crippen LogP contribution in [0.2, 0.25) is 0 Å². The molecule has 2 rings (SSSR count). The van der Waals surface area contributed by atoms with Crippen LogP contribution in [0.25, 0.3) is 0 Å². The smallest absolute Gasteiger partial charge is 0.322 e. The van der Waals surface area contributed by atoms with E-state index in [9.17, 15) is 4.79 Å². The molecule has 0 aromatic heterocycles. The van der Waals surface area contributed by atoms with E-state index in [2.05, 4.69) is 11.9 Å². The minimum atomic E-state index is -0.790. The number of likely N-dealkylation sites (tertiary alicyclic amines) is 2. The molecule has 5 heteroatoms. The molecule has 86 valence electrons. The van der Waals surface area contributed by atoms with Crippen LogP contribution in [-0.2, 0) is 4.79 Å². The third-order valence-corrected chi connectivity index (χ3v) is 3.63. The lowest BCUT2D eigenvalue weighted by Gasteiger charge is -2.46. The average Bonchev–Trinajstić information content (AvgIpc) is 2.49. The second-order valence-corrected chi connectivity index (χ2v) is 4.98. The highest BCUT2D eigenvalue weighted by molar-refractivity contribution is 5.73. The van der Waals surface area contributed by atoms with E-state index in [4.69, 9.17) is 10.8 Å². The van der Waals surface area contributed by atoms with E-state index >= 15 is 0 Å². The maximum atomic E-state index is 11.0. The number of hydrogen-bond donors (Lipinski definition) is 2. The molecule has 1 atom stereocenters. The van der Waals surface area contributed by atoms with Crippen LogP contribution >= 0.6 is 0 Å². The van der Waals surface area contributed by atoms with Gasteiger partial charge in [0.05, 0.1) is 0 Å². The van der Waals surface area contributed by atoms with Gasteiger partial charge in [-0.1, -0.05) is 0 Å². The summed E-state index contributed by atoms with van der Waals surface area (Å²) in [6, 6.07) is -0.490. The molecule has 0 saturated carbocycles. The second kappa shape index (κ2) is 3.73. The van der Waals surface area contributed by atoms with Gasteiger partial charge in [-0.25, -0.2) is 0 Å². The Balaban J connectivity index is 1.94. The van der Waals surface area contributed by atoms with Gasteiger partial charge in [0.25, 0.3) is 0 Å². The number of carbonyl (C=O) groups is 1. The molecule has 2 aliphatic rings. The number of aliphatic carboxylic acids is 1. The average molecular weight is 213 g/mol. The minimum Gasteiger partial charge on any atom is -0.480 e. The Kier molecular flexibility index (Phi) is 2.70. The highest BCUT2D eigenvalue weighted by Gasteiger charge is 2.48. The third kappa shape index (κ3) is 1.87. The minimum absolute atomic E-state index is 0.210.